The number of rotatable bonds is 1. The van der Waals surface area contributed by atoms with Crippen LogP contribution < -0.4 is 0 Å². The molecule has 8 rings (SSSR count). The maximum absolute atomic E-state index is 12.4. The standard InChI is InChI=1S/C40H56N2O2/c1-23-19-27(43)21-25-7-9-29-31-11-13-35(37(31,3)17-15-33(29)39(23,25)5)41-42-36-14-12-32-30-10-8-26-22-28(44)20-24(2)40(26,6)34(30)16-18-38(32,36)4/h21-24,29-34H,7-20H2,1-6H3/b41-35+,42-36+. The molecule has 0 N–H and O–H groups in total. The zero-order chi connectivity index (χ0) is 30.8. The van der Waals surface area contributed by atoms with Gasteiger partial charge in [-0.3, -0.25) is 9.59 Å². The SMILES string of the molecule is CC1CC(=O)C=C2CCC3C4CC/C(=N\N=C5/CCC6C7CCC8=CC(=O)CC(C)C8(C)C7CCC56C)C4(C)CCC3C21C. The normalized spacial score (nSPS) is 53.2. The first-order chi connectivity index (χ1) is 20.9. The molecule has 8 aliphatic carbocycles. The Hall–Kier alpha value is -1.84. The largest absolute Gasteiger partial charge is 0.295 e. The van der Waals surface area contributed by atoms with Gasteiger partial charge in [0, 0.05) is 35.1 Å². The van der Waals surface area contributed by atoms with Crippen LogP contribution in [0.2, 0.25) is 0 Å². The number of carbonyl (C=O) groups is 2. The Labute approximate surface area is 266 Å². The van der Waals surface area contributed by atoms with Gasteiger partial charge in [0.2, 0.25) is 0 Å². The lowest BCUT2D eigenvalue weighted by Gasteiger charge is -2.59. The van der Waals surface area contributed by atoms with Gasteiger partial charge < -0.3 is 0 Å². The maximum Gasteiger partial charge on any atom is 0.155 e. The summed E-state index contributed by atoms with van der Waals surface area (Å²) in [6.45, 7) is 14.8. The second-order valence-corrected chi connectivity index (χ2v) is 18.0. The second kappa shape index (κ2) is 9.83. The molecule has 0 aromatic carbocycles. The fraction of sp³-hybridized carbons (Fsp3) is 0.800. The molecule has 44 heavy (non-hydrogen) atoms. The summed E-state index contributed by atoms with van der Waals surface area (Å²) in [6.07, 6.45) is 20.0. The van der Waals surface area contributed by atoms with Crippen LogP contribution in [0.4, 0.5) is 0 Å². The first-order valence-electron chi connectivity index (χ1n) is 18.5. The van der Waals surface area contributed by atoms with Gasteiger partial charge in [-0.2, -0.15) is 10.2 Å². The van der Waals surface area contributed by atoms with Crippen LogP contribution in [0.3, 0.4) is 0 Å². The number of allylic oxidation sites excluding steroid dienone is 2. The minimum absolute atomic E-state index is 0.183. The number of carbonyl (C=O) groups excluding carboxylic acids is 2. The molecule has 0 aromatic rings. The summed E-state index contributed by atoms with van der Waals surface area (Å²) < 4.78 is 0. The van der Waals surface area contributed by atoms with Crippen molar-refractivity contribution < 1.29 is 9.59 Å². The molecule has 238 valence electrons. The monoisotopic (exact) mass is 596 g/mol. The van der Waals surface area contributed by atoms with E-state index in [9.17, 15) is 9.59 Å². The smallest absolute Gasteiger partial charge is 0.155 e. The summed E-state index contributed by atoms with van der Waals surface area (Å²) in [7, 11) is 0. The van der Waals surface area contributed by atoms with E-state index < -0.39 is 0 Å². The predicted molar refractivity (Wildman–Crippen MR) is 177 cm³/mol. The fourth-order valence-corrected chi connectivity index (χ4v) is 13.9. The van der Waals surface area contributed by atoms with E-state index in [1.807, 2.05) is 12.2 Å². The molecule has 12 atom stereocenters. The van der Waals surface area contributed by atoms with Crippen LogP contribution in [0.5, 0.6) is 0 Å². The van der Waals surface area contributed by atoms with Crippen molar-refractivity contribution in [3.8, 4) is 0 Å². The highest BCUT2D eigenvalue weighted by atomic mass is 16.1. The molecule has 4 nitrogen and oxygen atoms in total. The summed E-state index contributed by atoms with van der Waals surface area (Å²) in [5.41, 5.74) is 6.49. The molecule has 0 saturated heterocycles. The number of nitrogens with zero attached hydrogens (tertiary/aromatic N) is 2. The average Bonchev–Trinajstić information content (AvgIpc) is 3.49. The molecule has 8 aliphatic rings. The molecule has 0 spiro atoms. The first-order valence-corrected chi connectivity index (χ1v) is 18.5. The third kappa shape index (κ3) is 3.81. The molecular formula is C40H56N2O2. The van der Waals surface area contributed by atoms with Crippen LogP contribution in [0.25, 0.3) is 0 Å². The van der Waals surface area contributed by atoms with Crippen LogP contribution in [0.15, 0.2) is 33.5 Å². The zero-order valence-electron chi connectivity index (χ0n) is 28.4. The van der Waals surface area contributed by atoms with Gasteiger partial charge in [0.25, 0.3) is 0 Å². The lowest BCUT2D eigenvalue weighted by Crippen LogP contribution is -2.53. The number of hydrogen-bond acceptors (Lipinski definition) is 4. The van der Waals surface area contributed by atoms with Gasteiger partial charge in [-0.15, -0.1) is 0 Å². The molecular weight excluding hydrogens is 540 g/mol. The predicted octanol–water partition coefficient (Wildman–Crippen LogP) is 9.34. The highest BCUT2D eigenvalue weighted by Gasteiger charge is 2.61. The van der Waals surface area contributed by atoms with Gasteiger partial charge in [-0.05, 0) is 147 Å². The van der Waals surface area contributed by atoms with Gasteiger partial charge in [0.1, 0.15) is 0 Å². The topological polar surface area (TPSA) is 58.9 Å². The number of ketones is 2. The van der Waals surface area contributed by atoms with Crippen molar-refractivity contribution in [2.24, 2.45) is 79.2 Å². The van der Waals surface area contributed by atoms with Crippen molar-refractivity contribution in [2.45, 2.75) is 131 Å². The summed E-state index contributed by atoms with van der Waals surface area (Å²) in [4.78, 5) is 24.9. The van der Waals surface area contributed by atoms with E-state index in [1.54, 1.807) is 0 Å². The molecule has 0 aromatic heterocycles. The Kier molecular flexibility index (Phi) is 6.61. The highest BCUT2D eigenvalue weighted by Crippen LogP contribution is 2.67. The van der Waals surface area contributed by atoms with Gasteiger partial charge in [-0.1, -0.05) is 52.7 Å². The van der Waals surface area contributed by atoms with Crippen molar-refractivity contribution >= 4 is 23.0 Å². The summed E-state index contributed by atoms with van der Waals surface area (Å²) in [5, 5.41) is 10.5. The van der Waals surface area contributed by atoms with E-state index in [4.69, 9.17) is 10.2 Å². The highest BCUT2D eigenvalue weighted by molar-refractivity contribution is 5.96. The van der Waals surface area contributed by atoms with Crippen LogP contribution in [-0.4, -0.2) is 23.0 Å². The number of hydrogen-bond donors (Lipinski definition) is 0. The fourth-order valence-electron chi connectivity index (χ4n) is 13.9. The molecule has 0 amide bonds. The Morgan fingerprint density at radius 3 is 1.39 bits per heavy atom. The van der Waals surface area contributed by atoms with E-state index in [2.05, 4.69) is 41.5 Å². The Bertz CT molecular complexity index is 1310. The van der Waals surface area contributed by atoms with Gasteiger partial charge in [0.15, 0.2) is 11.6 Å². The summed E-state index contributed by atoms with van der Waals surface area (Å²) >= 11 is 0. The average molecular weight is 597 g/mol. The van der Waals surface area contributed by atoms with E-state index in [-0.39, 0.29) is 21.7 Å². The molecule has 6 fully saturated rings. The maximum atomic E-state index is 12.4. The molecule has 0 aliphatic heterocycles. The van der Waals surface area contributed by atoms with Crippen LogP contribution in [0.1, 0.15) is 131 Å². The van der Waals surface area contributed by atoms with Crippen molar-refractivity contribution in [3.05, 3.63) is 23.3 Å². The minimum Gasteiger partial charge on any atom is -0.295 e. The van der Waals surface area contributed by atoms with Crippen LogP contribution in [-0.2, 0) is 9.59 Å². The summed E-state index contributed by atoms with van der Waals surface area (Å²) in [5.74, 6) is 5.95. The van der Waals surface area contributed by atoms with Gasteiger partial charge >= 0.3 is 0 Å². The Balaban J connectivity index is 1.03. The third-order valence-corrected chi connectivity index (χ3v) is 16.8. The van der Waals surface area contributed by atoms with Crippen molar-refractivity contribution in [2.75, 3.05) is 0 Å². The van der Waals surface area contributed by atoms with E-state index in [0.717, 1.165) is 50.4 Å². The van der Waals surface area contributed by atoms with E-state index in [0.29, 0.717) is 47.1 Å². The van der Waals surface area contributed by atoms with Gasteiger partial charge in [0.05, 0.1) is 0 Å². The molecule has 6 saturated carbocycles. The molecule has 0 bridgehead atoms. The zero-order valence-corrected chi connectivity index (χ0v) is 28.4. The van der Waals surface area contributed by atoms with Crippen molar-refractivity contribution in [1.82, 2.24) is 0 Å². The van der Waals surface area contributed by atoms with Gasteiger partial charge in [-0.25, -0.2) is 0 Å². The lowest BCUT2D eigenvalue weighted by atomic mass is 9.45. The van der Waals surface area contributed by atoms with E-state index in [1.165, 1.54) is 73.9 Å². The minimum atomic E-state index is 0.183. The van der Waals surface area contributed by atoms with Crippen LogP contribution >= 0.6 is 0 Å². The first kappa shape index (κ1) is 29.6. The molecule has 0 radical (unpaired) electrons. The van der Waals surface area contributed by atoms with Crippen molar-refractivity contribution in [3.63, 3.8) is 0 Å². The molecule has 12 unspecified atom stereocenters. The number of fused-ring (bicyclic) bond motifs is 10. The lowest BCUT2D eigenvalue weighted by molar-refractivity contribution is -0.120. The second-order valence-electron chi connectivity index (χ2n) is 18.0. The quantitative estimate of drug-likeness (QED) is 0.283. The third-order valence-electron chi connectivity index (χ3n) is 16.8. The van der Waals surface area contributed by atoms with Crippen LogP contribution in [0, 0.1) is 69.0 Å². The van der Waals surface area contributed by atoms with E-state index >= 15 is 0 Å². The Morgan fingerprint density at radius 1 is 0.568 bits per heavy atom. The molecule has 4 heteroatoms. The Morgan fingerprint density at radius 2 is 0.977 bits per heavy atom. The van der Waals surface area contributed by atoms with Crippen molar-refractivity contribution in [1.29, 1.82) is 0 Å². The molecule has 0 heterocycles. The summed E-state index contributed by atoms with van der Waals surface area (Å²) in [6, 6.07) is 0.